The van der Waals surface area contributed by atoms with Crippen LogP contribution >= 0.6 is 12.6 Å². The molecular weight excluding hydrogens is 386 g/mol. The van der Waals surface area contributed by atoms with Crippen LogP contribution in [0.1, 0.15) is 25.8 Å². The van der Waals surface area contributed by atoms with Gasteiger partial charge in [-0.05, 0) is 60.8 Å². The van der Waals surface area contributed by atoms with E-state index in [0.717, 1.165) is 31.8 Å². The first kappa shape index (κ1) is 24.0. The molecule has 1 fully saturated rings. The molecule has 1 saturated heterocycles. The molecular formula is C26H37N3S+2. The monoisotopic (exact) mass is 423 g/mol. The highest BCUT2D eigenvalue weighted by Crippen LogP contribution is 2.29. The molecule has 0 bridgehead atoms. The number of nitrogens with zero attached hydrogens (tertiary/aromatic N) is 1. The van der Waals surface area contributed by atoms with Crippen molar-refractivity contribution >= 4 is 30.6 Å². The quantitative estimate of drug-likeness (QED) is 0.302. The van der Waals surface area contributed by atoms with E-state index in [-0.39, 0.29) is 0 Å². The van der Waals surface area contributed by atoms with E-state index in [4.69, 9.17) is 0 Å². The number of hydrogen-bond acceptors (Lipinski definition) is 2. The number of hydrogen-bond donors (Lipinski definition) is 3. The van der Waals surface area contributed by atoms with Crippen molar-refractivity contribution in [2.24, 2.45) is 5.92 Å². The molecule has 2 rings (SSSR count). The van der Waals surface area contributed by atoms with E-state index in [1.807, 2.05) is 19.3 Å². The Kier molecular flexibility index (Phi) is 10.5. The maximum absolute atomic E-state index is 4.22. The fraction of sp³-hybridized carbons (Fsp3) is 0.346. The van der Waals surface area contributed by atoms with Crippen molar-refractivity contribution in [2.75, 3.05) is 37.3 Å². The molecule has 0 radical (unpaired) electrons. The molecule has 1 aliphatic heterocycles. The van der Waals surface area contributed by atoms with Gasteiger partial charge in [0.15, 0.2) is 6.21 Å². The molecule has 0 saturated carbocycles. The summed E-state index contributed by atoms with van der Waals surface area (Å²) in [5.74, 6) is 1.36. The molecule has 1 unspecified atom stereocenters. The van der Waals surface area contributed by atoms with Gasteiger partial charge in [0, 0.05) is 36.5 Å². The van der Waals surface area contributed by atoms with E-state index < -0.39 is 0 Å². The van der Waals surface area contributed by atoms with Gasteiger partial charge in [0.05, 0.1) is 13.2 Å². The Morgan fingerprint density at radius 3 is 2.73 bits per heavy atom. The van der Waals surface area contributed by atoms with Gasteiger partial charge in [0.1, 0.15) is 6.54 Å². The standard InChI is InChI=1S/C26H35N3S/c1-5-23(11-14-27-4)21(3)19-22-7-9-26(10-8-22)29-17-13-25(20-29)24(6-2)12-15-28-16-18-30/h5-12,14-15,19,25,27,30H,2,13,16-18,20H2,1,3-4H3/p+2/b14-11-,21-19+,23-5+,24-12+,28-15?. The molecule has 1 heterocycles. The number of quaternary nitrogens is 1. The normalized spacial score (nSPS) is 18.7. The van der Waals surface area contributed by atoms with Gasteiger partial charge in [-0.3, -0.25) is 0 Å². The van der Waals surface area contributed by atoms with E-state index in [1.165, 1.54) is 28.0 Å². The molecule has 1 aromatic rings. The van der Waals surface area contributed by atoms with Crippen LogP contribution in [-0.2, 0) is 0 Å². The van der Waals surface area contributed by atoms with Crippen molar-refractivity contribution in [2.45, 2.75) is 20.3 Å². The fourth-order valence-electron chi connectivity index (χ4n) is 3.71. The zero-order chi connectivity index (χ0) is 21.8. The summed E-state index contributed by atoms with van der Waals surface area (Å²) >= 11 is 4.22. The van der Waals surface area contributed by atoms with E-state index in [0.29, 0.717) is 5.92 Å². The van der Waals surface area contributed by atoms with Crippen molar-refractivity contribution in [3.05, 3.63) is 83.6 Å². The Labute approximate surface area is 188 Å². The minimum atomic E-state index is 0.526. The molecule has 3 N–H and O–H groups in total. The summed E-state index contributed by atoms with van der Waals surface area (Å²) in [4.78, 5) is 5.73. The first-order chi connectivity index (χ1) is 14.6. The Balaban J connectivity index is 2.04. The molecule has 1 aromatic carbocycles. The zero-order valence-corrected chi connectivity index (χ0v) is 19.5. The van der Waals surface area contributed by atoms with E-state index in [1.54, 1.807) is 0 Å². The number of allylic oxidation sites excluding steroid dienone is 6. The van der Waals surface area contributed by atoms with Gasteiger partial charge in [0.2, 0.25) is 0 Å². The van der Waals surface area contributed by atoms with Gasteiger partial charge in [0.25, 0.3) is 0 Å². The van der Waals surface area contributed by atoms with Crippen LogP contribution in [0.2, 0.25) is 0 Å². The maximum Gasteiger partial charge on any atom is 0.162 e. The molecule has 0 aliphatic carbocycles. The lowest BCUT2D eigenvalue weighted by molar-refractivity contribution is -0.556. The molecule has 0 spiro atoms. The molecule has 3 nitrogen and oxygen atoms in total. The second-order valence-electron chi connectivity index (χ2n) is 7.50. The Morgan fingerprint density at radius 2 is 2.10 bits per heavy atom. The SMILES string of the molecule is C=C/C(=C\C=[NH+]CCS)C1CCN(c2ccc(/C=C(C)/C(/C=C\[NH2+]C)=C/C)cc2)C1. The topological polar surface area (TPSA) is 33.8 Å². The Morgan fingerprint density at radius 1 is 1.33 bits per heavy atom. The highest BCUT2D eigenvalue weighted by atomic mass is 32.1. The number of nitrogens with one attached hydrogen (secondary N) is 1. The van der Waals surface area contributed by atoms with Gasteiger partial charge in [-0.25, -0.2) is 4.99 Å². The van der Waals surface area contributed by atoms with Gasteiger partial charge >= 0.3 is 0 Å². The van der Waals surface area contributed by atoms with Crippen molar-refractivity contribution in [3.8, 4) is 0 Å². The van der Waals surface area contributed by atoms with Crippen molar-refractivity contribution in [1.82, 2.24) is 0 Å². The van der Waals surface area contributed by atoms with Gasteiger partial charge in [-0.15, -0.1) is 0 Å². The number of thiol groups is 1. The summed E-state index contributed by atoms with van der Waals surface area (Å²) in [6.07, 6.45) is 16.0. The van der Waals surface area contributed by atoms with Gasteiger partial charge in [-0.1, -0.05) is 36.9 Å². The highest BCUT2D eigenvalue weighted by Gasteiger charge is 2.24. The van der Waals surface area contributed by atoms with Crippen molar-refractivity contribution < 1.29 is 10.3 Å². The fourth-order valence-corrected chi connectivity index (χ4v) is 3.84. The lowest BCUT2D eigenvalue weighted by Gasteiger charge is -2.19. The molecule has 160 valence electrons. The lowest BCUT2D eigenvalue weighted by Crippen LogP contribution is -2.72. The van der Waals surface area contributed by atoms with Crippen LogP contribution in [0.3, 0.4) is 0 Å². The van der Waals surface area contributed by atoms with Crippen LogP contribution < -0.4 is 15.2 Å². The highest BCUT2D eigenvalue weighted by molar-refractivity contribution is 7.80. The number of rotatable bonds is 10. The van der Waals surface area contributed by atoms with Crippen LogP contribution in [0.15, 0.2) is 78.1 Å². The molecule has 0 aromatic heterocycles. The first-order valence-electron chi connectivity index (χ1n) is 10.8. The minimum absolute atomic E-state index is 0.526. The Bertz CT molecular complexity index is 828. The third-order valence-electron chi connectivity index (χ3n) is 5.42. The van der Waals surface area contributed by atoms with Crippen LogP contribution in [0.4, 0.5) is 5.69 Å². The minimum Gasteiger partial charge on any atom is -0.371 e. The summed E-state index contributed by atoms with van der Waals surface area (Å²) in [6, 6.07) is 8.91. The third kappa shape index (κ3) is 7.19. The lowest BCUT2D eigenvalue weighted by atomic mass is 9.98. The van der Waals surface area contributed by atoms with Crippen LogP contribution in [0, 0.1) is 5.92 Å². The summed E-state index contributed by atoms with van der Waals surface area (Å²) in [6.45, 7) is 11.3. The van der Waals surface area contributed by atoms with Gasteiger partial charge < -0.3 is 10.2 Å². The molecule has 4 heteroatoms. The maximum atomic E-state index is 4.22. The van der Waals surface area contributed by atoms with Gasteiger partial charge in [-0.2, -0.15) is 12.6 Å². The van der Waals surface area contributed by atoms with Crippen LogP contribution in [-0.4, -0.2) is 38.6 Å². The second-order valence-corrected chi connectivity index (χ2v) is 7.95. The third-order valence-corrected chi connectivity index (χ3v) is 5.64. The molecule has 1 atom stereocenters. The van der Waals surface area contributed by atoms with Crippen LogP contribution in [0.25, 0.3) is 6.08 Å². The Hall–Kier alpha value is -2.30. The van der Waals surface area contributed by atoms with E-state index >= 15 is 0 Å². The first-order valence-corrected chi connectivity index (χ1v) is 11.4. The average molecular weight is 424 g/mol. The number of benzene rings is 1. The van der Waals surface area contributed by atoms with E-state index in [9.17, 15) is 0 Å². The predicted molar refractivity (Wildman–Crippen MR) is 135 cm³/mol. The number of anilines is 1. The summed E-state index contributed by atoms with van der Waals surface area (Å²) < 4.78 is 0. The van der Waals surface area contributed by atoms with Crippen LogP contribution in [0.5, 0.6) is 0 Å². The predicted octanol–water partition coefficient (Wildman–Crippen LogP) is 2.76. The summed E-state index contributed by atoms with van der Waals surface area (Å²) in [5, 5.41) is 2.05. The van der Waals surface area contributed by atoms with E-state index in [2.05, 4.69) is 103 Å². The largest absolute Gasteiger partial charge is 0.371 e. The summed E-state index contributed by atoms with van der Waals surface area (Å²) in [5.41, 5.74) is 6.35. The molecule has 30 heavy (non-hydrogen) atoms. The summed E-state index contributed by atoms with van der Waals surface area (Å²) in [7, 11) is 2.04. The second kappa shape index (κ2) is 13.1. The molecule has 1 aliphatic rings. The molecule has 0 amide bonds. The average Bonchev–Trinajstić information content (AvgIpc) is 3.25. The number of nitrogens with two attached hydrogens (primary N) is 1. The zero-order valence-electron chi connectivity index (χ0n) is 18.6. The van der Waals surface area contributed by atoms with Crippen molar-refractivity contribution in [1.29, 1.82) is 0 Å². The smallest absolute Gasteiger partial charge is 0.162 e. The van der Waals surface area contributed by atoms with Crippen molar-refractivity contribution in [3.63, 3.8) is 0 Å².